The number of carbonyl (C=O) groups is 1. The first-order valence-corrected chi connectivity index (χ1v) is 7.50. The van der Waals surface area contributed by atoms with Crippen molar-refractivity contribution >= 4 is 5.91 Å². The zero-order valence-electron chi connectivity index (χ0n) is 12.6. The predicted molar refractivity (Wildman–Crippen MR) is 77.4 cm³/mol. The highest BCUT2D eigenvalue weighted by atomic mass is 16.2. The molecule has 1 aliphatic rings. The number of aromatic nitrogens is 3. The summed E-state index contributed by atoms with van der Waals surface area (Å²) in [6.45, 7) is 8.27. The summed E-state index contributed by atoms with van der Waals surface area (Å²) in [5.74, 6) is 0.493. The van der Waals surface area contributed by atoms with Crippen LogP contribution in [0, 0.1) is 5.92 Å². The number of nitrogens with zero attached hydrogens (tertiary/aromatic N) is 3. The third-order valence-corrected chi connectivity index (χ3v) is 3.79. The lowest BCUT2D eigenvalue weighted by atomic mass is 10.00. The number of nitrogens with one attached hydrogen (secondary N) is 2. The van der Waals surface area contributed by atoms with Gasteiger partial charge in [0.2, 0.25) is 0 Å². The van der Waals surface area contributed by atoms with Crippen LogP contribution in [0.5, 0.6) is 0 Å². The highest BCUT2D eigenvalue weighted by molar-refractivity contribution is 5.92. The molecule has 0 radical (unpaired) electrons. The van der Waals surface area contributed by atoms with E-state index >= 15 is 0 Å². The van der Waals surface area contributed by atoms with E-state index in [0.717, 1.165) is 32.4 Å². The maximum atomic E-state index is 12.2. The van der Waals surface area contributed by atoms with Gasteiger partial charge in [0.25, 0.3) is 5.91 Å². The molecule has 2 rings (SSSR count). The van der Waals surface area contributed by atoms with Crippen molar-refractivity contribution < 1.29 is 4.79 Å². The minimum absolute atomic E-state index is 0.124. The van der Waals surface area contributed by atoms with Gasteiger partial charge in [-0.1, -0.05) is 19.1 Å². The predicted octanol–water partition coefficient (Wildman–Crippen LogP) is 1.19. The SMILES string of the molecule is CC(C)CCn1cc(C(=O)NC2CCCNC2C)nn1. The number of amides is 1. The summed E-state index contributed by atoms with van der Waals surface area (Å²) in [5, 5.41) is 14.4. The lowest BCUT2D eigenvalue weighted by molar-refractivity contribution is 0.0914. The van der Waals surface area contributed by atoms with E-state index in [4.69, 9.17) is 0 Å². The van der Waals surface area contributed by atoms with Crippen LogP contribution in [0.4, 0.5) is 0 Å². The molecular weight excluding hydrogens is 254 g/mol. The maximum Gasteiger partial charge on any atom is 0.273 e. The molecule has 1 fully saturated rings. The van der Waals surface area contributed by atoms with Crippen molar-refractivity contribution in [3.8, 4) is 0 Å². The van der Waals surface area contributed by atoms with E-state index in [-0.39, 0.29) is 11.9 Å². The molecular formula is C14H25N5O. The molecule has 1 aromatic rings. The Morgan fingerprint density at radius 1 is 1.60 bits per heavy atom. The van der Waals surface area contributed by atoms with Crippen LogP contribution >= 0.6 is 0 Å². The number of rotatable bonds is 5. The van der Waals surface area contributed by atoms with Gasteiger partial charge in [-0.05, 0) is 38.6 Å². The van der Waals surface area contributed by atoms with Crippen molar-refractivity contribution in [2.75, 3.05) is 6.54 Å². The Kier molecular flexibility index (Phi) is 5.11. The smallest absolute Gasteiger partial charge is 0.273 e. The van der Waals surface area contributed by atoms with Crippen molar-refractivity contribution in [3.05, 3.63) is 11.9 Å². The molecule has 2 N–H and O–H groups in total. The molecule has 1 amide bonds. The maximum absolute atomic E-state index is 12.2. The van der Waals surface area contributed by atoms with E-state index in [2.05, 4.69) is 41.7 Å². The Balaban J connectivity index is 1.88. The fourth-order valence-corrected chi connectivity index (χ4v) is 2.39. The Morgan fingerprint density at radius 3 is 3.10 bits per heavy atom. The van der Waals surface area contributed by atoms with Crippen LogP contribution in [0.25, 0.3) is 0 Å². The largest absolute Gasteiger partial charge is 0.346 e. The zero-order valence-corrected chi connectivity index (χ0v) is 12.6. The summed E-state index contributed by atoms with van der Waals surface area (Å²) in [5.41, 5.74) is 0.409. The van der Waals surface area contributed by atoms with E-state index in [1.165, 1.54) is 0 Å². The average molecular weight is 279 g/mol. The first-order chi connectivity index (χ1) is 9.56. The van der Waals surface area contributed by atoms with Crippen molar-refractivity contribution in [2.45, 2.75) is 58.7 Å². The van der Waals surface area contributed by atoms with Gasteiger partial charge in [-0.25, -0.2) is 0 Å². The van der Waals surface area contributed by atoms with E-state index in [9.17, 15) is 4.79 Å². The van der Waals surface area contributed by atoms with Gasteiger partial charge in [0.1, 0.15) is 0 Å². The Bertz CT molecular complexity index is 443. The summed E-state index contributed by atoms with van der Waals surface area (Å²) in [7, 11) is 0. The minimum atomic E-state index is -0.124. The molecule has 0 aromatic carbocycles. The van der Waals surface area contributed by atoms with Crippen LogP contribution in [0.1, 0.15) is 50.5 Å². The quantitative estimate of drug-likeness (QED) is 0.849. The second-order valence-corrected chi connectivity index (χ2v) is 6.01. The van der Waals surface area contributed by atoms with Gasteiger partial charge < -0.3 is 10.6 Å². The standard InChI is InChI=1S/C14H25N5O/c1-10(2)6-8-19-9-13(17-18-19)14(20)16-12-5-4-7-15-11(12)3/h9-12,15H,4-8H2,1-3H3,(H,16,20). The van der Waals surface area contributed by atoms with Crippen LogP contribution in [0.2, 0.25) is 0 Å². The Morgan fingerprint density at radius 2 is 2.40 bits per heavy atom. The summed E-state index contributed by atoms with van der Waals surface area (Å²) >= 11 is 0. The van der Waals surface area contributed by atoms with E-state index < -0.39 is 0 Å². The molecule has 2 heterocycles. The van der Waals surface area contributed by atoms with Gasteiger partial charge in [0.05, 0.1) is 6.20 Å². The first kappa shape index (κ1) is 15.0. The number of aryl methyl sites for hydroxylation is 1. The number of hydrogen-bond acceptors (Lipinski definition) is 4. The molecule has 2 atom stereocenters. The highest BCUT2D eigenvalue weighted by Crippen LogP contribution is 2.09. The monoisotopic (exact) mass is 279 g/mol. The Labute approximate surface area is 120 Å². The van der Waals surface area contributed by atoms with E-state index in [1.54, 1.807) is 10.9 Å². The fraction of sp³-hybridized carbons (Fsp3) is 0.786. The van der Waals surface area contributed by atoms with Crippen LogP contribution in [-0.4, -0.2) is 39.5 Å². The lowest BCUT2D eigenvalue weighted by Gasteiger charge is -2.30. The van der Waals surface area contributed by atoms with Crippen LogP contribution < -0.4 is 10.6 Å². The number of hydrogen-bond donors (Lipinski definition) is 2. The van der Waals surface area contributed by atoms with Crippen molar-refractivity contribution in [2.24, 2.45) is 5.92 Å². The first-order valence-electron chi connectivity index (χ1n) is 7.50. The Hall–Kier alpha value is -1.43. The summed E-state index contributed by atoms with van der Waals surface area (Å²) in [4.78, 5) is 12.2. The average Bonchev–Trinajstić information content (AvgIpc) is 2.88. The van der Waals surface area contributed by atoms with E-state index in [1.807, 2.05) is 0 Å². The summed E-state index contributed by atoms with van der Waals surface area (Å²) < 4.78 is 1.75. The van der Waals surface area contributed by atoms with Gasteiger partial charge in [-0.3, -0.25) is 9.48 Å². The minimum Gasteiger partial charge on any atom is -0.346 e. The van der Waals surface area contributed by atoms with Crippen molar-refractivity contribution in [1.82, 2.24) is 25.6 Å². The molecule has 0 bridgehead atoms. The van der Waals surface area contributed by atoms with Crippen LogP contribution in [-0.2, 0) is 6.54 Å². The molecule has 0 spiro atoms. The number of carbonyl (C=O) groups excluding carboxylic acids is 1. The molecule has 0 aliphatic carbocycles. The second kappa shape index (κ2) is 6.83. The van der Waals surface area contributed by atoms with Crippen LogP contribution in [0.3, 0.4) is 0 Å². The topological polar surface area (TPSA) is 71.8 Å². The van der Waals surface area contributed by atoms with Crippen LogP contribution in [0.15, 0.2) is 6.20 Å². The lowest BCUT2D eigenvalue weighted by Crippen LogP contribution is -2.51. The molecule has 1 saturated heterocycles. The third-order valence-electron chi connectivity index (χ3n) is 3.79. The molecule has 1 aliphatic heterocycles. The van der Waals surface area contributed by atoms with Crippen molar-refractivity contribution in [3.63, 3.8) is 0 Å². The highest BCUT2D eigenvalue weighted by Gasteiger charge is 2.23. The van der Waals surface area contributed by atoms with Gasteiger partial charge in [-0.15, -0.1) is 5.10 Å². The van der Waals surface area contributed by atoms with Gasteiger partial charge in [0.15, 0.2) is 5.69 Å². The fourth-order valence-electron chi connectivity index (χ4n) is 2.39. The zero-order chi connectivity index (χ0) is 14.5. The second-order valence-electron chi connectivity index (χ2n) is 6.01. The number of piperidine rings is 1. The molecule has 0 saturated carbocycles. The molecule has 6 heteroatoms. The molecule has 112 valence electrons. The van der Waals surface area contributed by atoms with Gasteiger partial charge >= 0.3 is 0 Å². The normalized spacial score (nSPS) is 23.0. The van der Waals surface area contributed by atoms with Crippen molar-refractivity contribution in [1.29, 1.82) is 0 Å². The summed E-state index contributed by atoms with van der Waals surface area (Å²) in [6.07, 6.45) is 4.88. The van der Waals surface area contributed by atoms with Gasteiger partial charge in [0, 0.05) is 18.6 Å². The molecule has 1 aromatic heterocycles. The van der Waals surface area contributed by atoms with E-state index in [0.29, 0.717) is 17.7 Å². The molecule has 6 nitrogen and oxygen atoms in total. The third kappa shape index (κ3) is 4.03. The summed E-state index contributed by atoms with van der Waals surface area (Å²) in [6, 6.07) is 0.487. The van der Waals surface area contributed by atoms with Gasteiger partial charge in [-0.2, -0.15) is 0 Å². The molecule has 20 heavy (non-hydrogen) atoms. The molecule has 2 unspecified atom stereocenters.